The van der Waals surface area contributed by atoms with Gasteiger partial charge in [-0.3, -0.25) is 9.59 Å². The van der Waals surface area contributed by atoms with E-state index in [0.717, 1.165) is 6.92 Å². The average Bonchev–Trinajstić information content (AvgIpc) is 1.81. The van der Waals surface area contributed by atoms with Gasteiger partial charge in [-0.15, -0.1) is 0 Å². The molecule has 0 bridgehead atoms. The second kappa shape index (κ2) is 3.75. The van der Waals surface area contributed by atoms with Gasteiger partial charge in [-0.1, -0.05) is 0 Å². The molecule has 0 aliphatic heterocycles. The number of aliphatic hydroxyl groups excluding tert-OH is 1. The zero-order valence-corrected chi connectivity index (χ0v) is 6.67. The number of carbonyl (C=O) groups excluding carboxylic acids is 2. The van der Waals surface area contributed by atoms with Crippen molar-refractivity contribution in [1.82, 2.24) is 0 Å². The van der Waals surface area contributed by atoms with E-state index in [2.05, 4.69) is 4.74 Å². The molecule has 0 rings (SSSR count). The first-order valence-electron chi connectivity index (χ1n) is 3.04. The lowest BCUT2D eigenvalue weighted by atomic mass is 10.3. The SMILES string of the molecule is CC(=O)O/C(C(C)=O)=C(/C)O. The summed E-state index contributed by atoms with van der Waals surface area (Å²) in [5.41, 5.74) is 0. The van der Waals surface area contributed by atoms with Crippen LogP contribution >= 0.6 is 0 Å². The highest BCUT2D eigenvalue weighted by Gasteiger charge is 2.11. The molecule has 0 saturated heterocycles. The molecule has 0 aliphatic carbocycles. The third-order valence-corrected chi connectivity index (χ3v) is 0.894. The lowest BCUT2D eigenvalue weighted by molar-refractivity contribution is -0.140. The third kappa shape index (κ3) is 3.40. The number of ketones is 1. The number of ether oxygens (including phenoxy) is 1. The van der Waals surface area contributed by atoms with Crippen LogP contribution < -0.4 is 0 Å². The fraction of sp³-hybridized carbons (Fsp3) is 0.429. The van der Waals surface area contributed by atoms with Crippen LogP contribution in [0.2, 0.25) is 0 Å². The molecule has 0 unspecified atom stereocenters. The molecule has 4 heteroatoms. The summed E-state index contributed by atoms with van der Waals surface area (Å²) in [5.74, 6) is -1.67. The van der Waals surface area contributed by atoms with Crippen molar-refractivity contribution in [3.8, 4) is 0 Å². The molecule has 0 fully saturated rings. The van der Waals surface area contributed by atoms with Crippen LogP contribution in [0.1, 0.15) is 20.8 Å². The molecule has 0 radical (unpaired) electrons. The highest BCUT2D eigenvalue weighted by atomic mass is 16.5. The van der Waals surface area contributed by atoms with E-state index in [1.165, 1.54) is 13.8 Å². The van der Waals surface area contributed by atoms with Crippen LogP contribution in [0.15, 0.2) is 11.5 Å². The lowest BCUT2D eigenvalue weighted by Crippen LogP contribution is -2.08. The summed E-state index contributed by atoms with van der Waals surface area (Å²) in [5, 5.41) is 8.81. The number of hydrogen-bond donors (Lipinski definition) is 1. The van der Waals surface area contributed by atoms with Gasteiger partial charge < -0.3 is 9.84 Å². The minimum Gasteiger partial charge on any atom is -0.509 e. The van der Waals surface area contributed by atoms with E-state index in [0.29, 0.717) is 0 Å². The molecule has 0 amide bonds. The Kier molecular flexibility index (Phi) is 3.30. The van der Waals surface area contributed by atoms with Crippen molar-refractivity contribution in [3.05, 3.63) is 11.5 Å². The summed E-state index contributed by atoms with van der Waals surface area (Å²) in [6, 6.07) is 0. The number of esters is 1. The van der Waals surface area contributed by atoms with Crippen LogP contribution in [0.5, 0.6) is 0 Å². The fourth-order valence-corrected chi connectivity index (χ4v) is 0.544. The molecule has 0 aromatic carbocycles. The average molecular weight is 158 g/mol. The van der Waals surface area contributed by atoms with Gasteiger partial charge >= 0.3 is 5.97 Å². The Bertz CT molecular complexity index is 210. The van der Waals surface area contributed by atoms with Crippen molar-refractivity contribution in [3.63, 3.8) is 0 Å². The minimum absolute atomic E-state index is 0.285. The Balaban J connectivity index is 4.52. The highest BCUT2D eigenvalue weighted by Crippen LogP contribution is 2.04. The van der Waals surface area contributed by atoms with Crippen LogP contribution in [0, 0.1) is 0 Å². The maximum absolute atomic E-state index is 10.6. The van der Waals surface area contributed by atoms with Crippen LogP contribution in [0.25, 0.3) is 0 Å². The van der Waals surface area contributed by atoms with Gasteiger partial charge in [0, 0.05) is 13.8 Å². The second-order valence-corrected chi connectivity index (χ2v) is 2.06. The molecule has 0 aliphatic rings. The summed E-state index contributed by atoms with van der Waals surface area (Å²) < 4.78 is 4.41. The molecule has 11 heavy (non-hydrogen) atoms. The molecule has 1 N–H and O–H groups in total. The van der Waals surface area contributed by atoms with Crippen molar-refractivity contribution < 1.29 is 19.4 Å². The zero-order chi connectivity index (χ0) is 9.02. The van der Waals surface area contributed by atoms with Crippen LogP contribution in [0.3, 0.4) is 0 Å². The van der Waals surface area contributed by atoms with Gasteiger partial charge in [0.1, 0.15) is 5.76 Å². The number of rotatable bonds is 2. The van der Waals surface area contributed by atoms with Crippen LogP contribution in [-0.4, -0.2) is 16.9 Å². The van der Waals surface area contributed by atoms with E-state index in [4.69, 9.17) is 5.11 Å². The minimum atomic E-state index is -0.622. The third-order valence-electron chi connectivity index (χ3n) is 0.894. The van der Waals surface area contributed by atoms with Crippen LogP contribution in [-0.2, 0) is 14.3 Å². The monoisotopic (exact) mass is 158 g/mol. The number of carbonyl (C=O) groups is 2. The molecular formula is C7H10O4. The lowest BCUT2D eigenvalue weighted by Gasteiger charge is -2.02. The van der Waals surface area contributed by atoms with Gasteiger partial charge in [0.25, 0.3) is 0 Å². The van der Waals surface area contributed by atoms with E-state index in [9.17, 15) is 9.59 Å². The van der Waals surface area contributed by atoms with E-state index >= 15 is 0 Å². The van der Waals surface area contributed by atoms with Crippen molar-refractivity contribution in [1.29, 1.82) is 0 Å². The zero-order valence-electron chi connectivity index (χ0n) is 6.67. The fourth-order valence-electron chi connectivity index (χ4n) is 0.544. The largest absolute Gasteiger partial charge is 0.509 e. The van der Waals surface area contributed by atoms with Crippen molar-refractivity contribution >= 4 is 11.8 Å². The standard InChI is InChI=1S/C7H10O4/c1-4(8)7(5(2)9)11-6(3)10/h8H,1-3H3/b7-4-. The van der Waals surface area contributed by atoms with E-state index in [-0.39, 0.29) is 11.5 Å². The summed E-state index contributed by atoms with van der Waals surface area (Å²) in [6.07, 6.45) is 0. The Morgan fingerprint density at radius 1 is 1.18 bits per heavy atom. The molecule has 0 heterocycles. The maximum Gasteiger partial charge on any atom is 0.308 e. The predicted molar refractivity (Wildman–Crippen MR) is 37.8 cm³/mol. The molecule has 62 valence electrons. The smallest absolute Gasteiger partial charge is 0.308 e. The van der Waals surface area contributed by atoms with E-state index in [1.54, 1.807) is 0 Å². The maximum atomic E-state index is 10.6. The first-order valence-corrected chi connectivity index (χ1v) is 3.04. The van der Waals surface area contributed by atoms with Gasteiger partial charge in [0.05, 0.1) is 0 Å². The number of aliphatic hydroxyl groups is 1. The predicted octanol–water partition coefficient (Wildman–Crippen LogP) is 0.928. The van der Waals surface area contributed by atoms with E-state index < -0.39 is 11.8 Å². The number of hydrogen-bond acceptors (Lipinski definition) is 4. The Hall–Kier alpha value is -1.32. The Morgan fingerprint density at radius 2 is 1.64 bits per heavy atom. The summed E-state index contributed by atoms with van der Waals surface area (Å²) in [6.45, 7) is 3.64. The first kappa shape index (κ1) is 9.68. The second-order valence-electron chi connectivity index (χ2n) is 2.06. The molecule has 0 aromatic rings. The van der Waals surface area contributed by atoms with Gasteiger partial charge in [-0.25, -0.2) is 0 Å². The van der Waals surface area contributed by atoms with Crippen LogP contribution in [0.4, 0.5) is 0 Å². The highest BCUT2D eigenvalue weighted by molar-refractivity contribution is 5.93. The van der Waals surface area contributed by atoms with Gasteiger partial charge in [0.15, 0.2) is 5.78 Å². The Labute approximate surface area is 64.5 Å². The van der Waals surface area contributed by atoms with Gasteiger partial charge in [0.2, 0.25) is 5.76 Å². The van der Waals surface area contributed by atoms with Crippen molar-refractivity contribution in [2.75, 3.05) is 0 Å². The van der Waals surface area contributed by atoms with Gasteiger partial charge in [-0.2, -0.15) is 0 Å². The van der Waals surface area contributed by atoms with E-state index in [1.807, 2.05) is 0 Å². The molecule has 0 atom stereocenters. The normalized spacial score (nSPS) is 11.9. The molecule has 0 aromatic heterocycles. The summed E-state index contributed by atoms with van der Waals surface area (Å²) >= 11 is 0. The molecule has 4 nitrogen and oxygen atoms in total. The molecule has 0 spiro atoms. The summed E-state index contributed by atoms with van der Waals surface area (Å²) in [4.78, 5) is 21.0. The van der Waals surface area contributed by atoms with Crippen molar-refractivity contribution in [2.45, 2.75) is 20.8 Å². The number of Topliss-reactive ketones (excluding diaryl/α,β-unsaturated/α-hetero) is 1. The summed E-state index contributed by atoms with van der Waals surface area (Å²) in [7, 11) is 0. The quantitative estimate of drug-likeness (QED) is 0.369. The topological polar surface area (TPSA) is 63.6 Å². The Morgan fingerprint density at radius 3 is 1.73 bits per heavy atom. The van der Waals surface area contributed by atoms with Crippen molar-refractivity contribution in [2.24, 2.45) is 0 Å². The first-order chi connectivity index (χ1) is 4.95. The molecule has 0 saturated carbocycles. The van der Waals surface area contributed by atoms with Gasteiger partial charge in [-0.05, 0) is 6.92 Å². The number of allylic oxidation sites excluding steroid dienone is 2. The molecular weight excluding hydrogens is 148 g/mol.